The Hall–Kier alpha value is -2.19. The number of ether oxygens (including phenoxy) is 1. The fourth-order valence-electron chi connectivity index (χ4n) is 1.94. The summed E-state index contributed by atoms with van der Waals surface area (Å²) in [6.45, 7) is 1.24. The number of amides is 1. The largest absolute Gasteiger partial charge is 0.479 e. The molecular weight excluding hydrogens is 366 g/mol. The van der Waals surface area contributed by atoms with Gasteiger partial charge in [0.15, 0.2) is 5.54 Å². The van der Waals surface area contributed by atoms with Crippen LogP contribution in [0.2, 0.25) is 0 Å². The molecule has 2 N–H and O–H groups in total. The minimum absolute atomic E-state index is 0.144. The van der Waals surface area contributed by atoms with E-state index in [1.807, 2.05) is 24.3 Å². The first kappa shape index (κ1) is 17.2. The number of hydrogen-bond acceptors (Lipinski definition) is 4. The van der Waals surface area contributed by atoms with E-state index in [0.29, 0.717) is 0 Å². The molecule has 1 aromatic carbocycles. The van der Waals surface area contributed by atoms with Gasteiger partial charge in [0.25, 0.3) is 5.91 Å². The molecule has 8 heteroatoms. The number of aliphatic carboxylic acids is 1. The number of nitrogens with zero attached hydrogens (tertiary/aromatic N) is 2. The molecule has 1 unspecified atom stereocenters. The minimum atomic E-state index is -1.51. The molecule has 1 atom stereocenters. The summed E-state index contributed by atoms with van der Waals surface area (Å²) in [5.41, 5.74) is -0.465. The topological polar surface area (TPSA) is 93.5 Å². The summed E-state index contributed by atoms with van der Waals surface area (Å²) in [4.78, 5) is 23.6. The molecule has 0 saturated carbocycles. The van der Waals surface area contributed by atoms with Crippen LogP contribution < -0.4 is 5.32 Å². The number of carbonyl (C=O) groups excluding carboxylic acids is 1. The summed E-state index contributed by atoms with van der Waals surface area (Å²) < 4.78 is 7.34. The number of carboxylic acid groups (broad SMARTS) is 1. The summed E-state index contributed by atoms with van der Waals surface area (Å²) in [5, 5.41) is 15.8. The monoisotopic (exact) mass is 381 g/mol. The Labute approximate surface area is 141 Å². The summed E-state index contributed by atoms with van der Waals surface area (Å²) in [7, 11) is 1.37. The quantitative estimate of drug-likeness (QED) is 0.796. The highest BCUT2D eigenvalue weighted by Gasteiger charge is 2.35. The van der Waals surface area contributed by atoms with Gasteiger partial charge in [0.2, 0.25) is 0 Å². The van der Waals surface area contributed by atoms with Crippen molar-refractivity contribution in [2.75, 3.05) is 13.7 Å². The lowest BCUT2D eigenvalue weighted by molar-refractivity contribution is -0.145. The number of halogens is 1. The Kier molecular flexibility index (Phi) is 5.17. The molecule has 122 valence electrons. The molecule has 1 aromatic heterocycles. The van der Waals surface area contributed by atoms with Gasteiger partial charge in [0.05, 0.1) is 24.1 Å². The van der Waals surface area contributed by atoms with Crippen molar-refractivity contribution in [1.82, 2.24) is 15.1 Å². The first-order valence-electron chi connectivity index (χ1n) is 6.71. The molecule has 1 amide bonds. The van der Waals surface area contributed by atoms with Crippen LogP contribution in [0.4, 0.5) is 0 Å². The van der Waals surface area contributed by atoms with Gasteiger partial charge in [-0.2, -0.15) is 5.10 Å². The number of benzene rings is 1. The number of methoxy groups -OCH3 is 1. The molecular formula is C15H16BrN3O4. The van der Waals surface area contributed by atoms with Crippen molar-refractivity contribution < 1.29 is 19.4 Å². The van der Waals surface area contributed by atoms with Gasteiger partial charge >= 0.3 is 5.97 Å². The maximum Gasteiger partial charge on any atom is 0.331 e. The van der Waals surface area contributed by atoms with Crippen LogP contribution in [-0.2, 0) is 9.53 Å². The van der Waals surface area contributed by atoms with Gasteiger partial charge in [0.1, 0.15) is 0 Å². The number of carbonyl (C=O) groups is 2. The third kappa shape index (κ3) is 3.96. The van der Waals surface area contributed by atoms with E-state index in [1.165, 1.54) is 31.1 Å². The van der Waals surface area contributed by atoms with Crippen molar-refractivity contribution >= 4 is 27.8 Å². The Bertz CT molecular complexity index is 714. The van der Waals surface area contributed by atoms with Crippen molar-refractivity contribution in [3.05, 3.63) is 46.7 Å². The van der Waals surface area contributed by atoms with Gasteiger partial charge in [-0.15, -0.1) is 0 Å². The van der Waals surface area contributed by atoms with Crippen LogP contribution in [0, 0.1) is 0 Å². The van der Waals surface area contributed by atoms with Crippen LogP contribution in [0.3, 0.4) is 0 Å². The molecule has 0 bridgehead atoms. The van der Waals surface area contributed by atoms with Gasteiger partial charge in [-0.05, 0) is 31.2 Å². The van der Waals surface area contributed by atoms with Gasteiger partial charge < -0.3 is 15.2 Å². The maximum absolute atomic E-state index is 12.2. The standard InChI is InChI=1S/C15H16BrN3O4/c1-15(9-23-2,14(21)22)18-13(20)10-7-17-19(8-10)12-5-3-11(16)4-6-12/h3-8H,9H2,1-2H3,(H,18,20)(H,21,22). The molecule has 0 aliphatic carbocycles. The van der Waals surface area contributed by atoms with Gasteiger partial charge in [0, 0.05) is 17.8 Å². The molecule has 23 heavy (non-hydrogen) atoms. The number of carboxylic acids is 1. The predicted octanol–water partition coefficient (Wildman–Crippen LogP) is 1.85. The SMILES string of the molecule is COCC(C)(NC(=O)c1cnn(-c2ccc(Br)cc2)c1)C(=O)O. The Morgan fingerprint density at radius 2 is 2.04 bits per heavy atom. The van der Waals surface area contributed by atoms with Gasteiger partial charge in [-0.25, -0.2) is 9.48 Å². The highest BCUT2D eigenvalue weighted by atomic mass is 79.9. The van der Waals surface area contributed by atoms with E-state index in [2.05, 4.69) is 26.3 Å². The zero-order valence-electron chi connectivity index (χ0n) is 12.6. The smallest absolute Gasteiger partial charge is 0.331 e. The van der Waals surface area contributed by atoms with E-state index < -0.39 is 17.4 Å². The van der Waals surface area contributed by atoms with Crippen molar-refractivity contribution in [2.24, 2.45) is 0 Å². The van der Waals surface area contributed by atoms with Gasteiger partial charge in [-0.3, -0.25) is 4.79 Å². The molecule has 0 fully saturated rings. The van der Waals surface area contributed by atoms with Crippen LogP contribution in [0.1, 0.15) is 17.3 Å². The lowest BCUT2D eigenvalue weighted by Gasteiger charge is -2.24. The average Bonchev–Trinajstić information content (AvgIpc) is 2.98. The average molecular weight is 382 g/mol. The maximum atomic E-state index is 12.2. The highest BCUT2D eigenvalue weighted by Crippen LogP contribution is 2.14. The molecule has 1 heterocycles. The van der Waals surface area contributed by atoms with E-state index in [0.717, 1.165) is 10.2 Å². The molecule has 2 aromatic rings. The number of hydrogen-bond donors (Lipinski definition) is 2. The molecule has 0 aliphatic rings. The first-order valence-corrected chi connectivity index (χ1v) is 7.50. The second kappa shape index (κ2) is 6.93. The Balaban J connectivity index is 2.18. The van der Waals surface area contributed by atoms with Crippen molar-refractivity contribution in [3.8, 4) is 5.69 Å². The van der Waals surface area contributed by atoms with Crippen LogP contribution in [0.5, 0.6) is 0 Å². The summed E-state index contributed by atoms with van der Waals surface area (Å²) in [6, 6.07) is 7.39. The third-order valence-corrected chi connectivity index (χ3v) is 3.76. The third-order valence-electron chi connectivity index (χ3n) is 3.23. The molecule has 7 nitrogen and oxygen atoms in total. The first-order chi connectivity index (χ1) is 10.9. The summed E-state index contributed by atoms with van der Waals surface area (Å²) >= 11 is 3.35. The van der Waals surface area contributed by atoms with Gasteiger partial charge in [-0.1, -0.05) is 15.9 Å². The van der Waals surface area contributed by atoms with E-state index in [-0.39, 0.29) is 12.2 Å². The van der Waals surface area contributed by atoms with E-state index in [4.69, 9.17) is 4.74 Å². The number of rotatable bonds is 6. The van der Waals surface area contributed by atoms with Crippen molar-refractivity contribution in [2.45, 2.75) is 12.5 Å². The minimum Gasteiger partial charge on any atom is -0.479 e. The zero-order valence-corrected chi connectivity index (χ0v) is 14.2. The van der Waals surface area contributed by atoms with Crippen LogP contribution in [0.15, 0.2) is 41.1 Å². The molecule has 0 spiro atoms. The fourth-order valence-corrected chi connectivity index (χ4v) is 2.20. The lowest BCUT2D eigenvalue weighted by atomic mass is 10.0. The highest BCUT2D eigenvalue weighted by molar-refractivity contribution is 9.10. The second-order valence-electron chi connectivity index (χ2n) is 5.17. The summed E-state index contributed by atoms with van der Waals surface area (Å²) in [5.74, 6) is -1.71. The van der Waals surface area contributed by atoms with Crippen LogP contribution in [0.25, 0.3) is 5.69 Å². The van der Waals surface area contributed by atoms with Crippen molar-refractivity contribution in [3.63, 3.8) is 0 Å². The second-order valence-corrected chi connectivity index (χ2v) is 6.09. The predicted molar refractivity (Wildman–Crippen MR) is 86.6 cm³/mol. The van der Waals surface area contributed by atoms with E-state index in [9.17, 15) is 14.7 Å². The fraction of sp³-hybridized carbons (Fsp3) is 0.267. The number of aromatic nitrogens is 2. The number of nitrogens with one attached hydrogen (secondary N) is 1. The molecule has 0 aliphatic heterocycles. The molecule has 0 saturated heterocycles. The summed E-state index contributed by atoms with van der Waals surface area (Å²) in [6.07, 6.45) is 2.92. The van der Waals surface area contributed by atoms with E-state index >= 15 is 0 Å². The van der Waals surface area contributed by atoms with E-state index in [1.54, 1.807) is 0 Å². The molecule has 0 radical (unpaired) electrons. The normalized spacial score (nSPS) is 13.3. The molecule has 2 rings (SSSR count). The zero-order chi connectivity index (χ0) is 17.0. The van der Waals surface area contributed by atoms with Crippen molar-refractivity contribution in [1.29, 1.82) is 0 Å². The van der Waals surface area contributed by atoms with Crippen LogP contribution >= 0.6 is 15.9 Å². The van der Waals surface area contributed by atoms with Crippen LogP contribution in [-0.4, -0.2) is 46.0 Å². The lowest BCUT2D eigenvalue weighted by Crippen LogP contribution is -2.55. The Morgan fingerprint density at radius 3 is 2.61 bits per heavy atom. The Morgan fingerprint density at radius 1 is 1.39 bits per heavy atom.